The predicted molar refractivity (Wildman–Crippen MR) is 67.7 cm³/mol. The fourth-order valence-corrected chi connectivity index (χ4v) is 2.95. The molecule has 1 fully saturated rings. The second-order valence-corrected chi connectivity index (χ2v) is 6.02. The first-order valence-electron chi connectivity index (χ1n) is 5.44. The van der Waals surface area contributed by atoms with Gasteiger partial charge >= 0.3 is 5.97 Å². The fraction of sp³-hybridized carbons (Fsp3) is 0.778. The summed E-state index contributed by atoms with van der Waals surface area (Å²) in [5.41, 5.74) is 0. The van der Waals surface area contributed by atoms with Crippen LogP contribution in [0.1, 0.15) is 13.3 Å². The summed E-state index contributed by atoms with van der Waals surface area (Å²) in [5.74, 6) is -0.892. The lowest BCUT2D eigenvalue weighted by atomic mass is 10.2. The van der Waals surface area contributed by atoms with Crippen LogP contribution >= 0.6 is 12.6 Å². The number of ether oxygens (including phenoxy) is 1. The molecule has 9 heteroatoms. The molecule has 0 aromatic carbocycles. The quantitative estimate of drug-likeness (QED) is 0.416. The first-order valence-corrected chi connectivity index (χ1v) is 7.73. The molecule has 1 unspecified atom stereocenters. The summed E-state index contributed by atoms with van der Waals surface area (Å²) >= 11 is 3.95. The van der Waals surface area contributed by atoms with E-state index >= 15 is 0 Å². The lowest BCUT2D eigenvalue weighted by molar-refractivity contribution is -0.146. The Hall–Kier alpha value is -0.800. The SMILES string of the molecule is CCOC(=O)[C@H](CS)NC(=O)CC1CS(=O)(=O)N1. The monoisotopic (exact) mass is 296 g/mol. The minimum absolute atomic E-state index is 0.00289. The highest BCUT2D eigenvalue weighted by Crippen LogP contribution is 2.09. The van der Waals surface area contributed by atoms with Crippen LogP contribution in [0.15, 0.2) is 0 Å². The van der Waals surface area contributed by atoms with E-state index in [-0.39, 0.29) is 24.5 Å². The molecule has 0 bridgehead atoms. The van der Waals surface area contributed by atoms with Gasteiger partial charge in [-0.15, -0.1) is 0 Å². The van der Waals surface area contributed by atoms with Crippen LogP contribution in [0.3, 0.4) is 0 Å². The molecule has 1 saturated heterocycles. The van der Waals surface area contributed by atoms with Gasteiger partial charge in [0.2, 0.25) is 15.9 Å². The van der Waals surface area contributed by atoms with Crippen molar-refractivity contribution in [2.24, 2.45) is 0 Å². The molecular weight excluding hydrogens is 280 g/mol. The lowest BCUT2D eigenvalue weighted by Gasteiger charge is -2.27. The van der Waals surface area contributed by atoms with Crippen LogP contribution in [0, 0.1) is 0 Å². The van der Waals surface area contributed by atoms with E-state index in [9.17, 15) is 18.0 Å². The van der Waals surface area contributed by atoms with E-state index in [0.29, 0.717) is 0 Å². The fourth-order valence-electron chi connectivity index (χ4n) is 1.50. The molecule has 104 valence electrons. The highest BCUT2D eigenvalue weighted by atomic mass is 32.2. The molecule has 1 amide bonds. The van der Waals surface area contributed by atoms with Gasteiger partial charge < -0.3 is 10.1 Å². The van der Waals surface area contributed by atoms with E-state index in [2.05, 4.69) is 22.7 Å². The maximum absolute atomic E-state index is 11.5. The number of thiol groups is 1. The van der Waals surface area contributed by atoms with Crippen molar-refractivity contribution < 1.29 is 22.7 Å². The zero-order chi connectivity index (χ0) is 13.8. The molecule has 0 spiro atoms. The molecule has 1 rings (SSSR count). The highest BCUT2D eigenvalue weighted by molar-refractivity contribution is 7.90. The van der Waals surface area contributed by atoms with E-state index in [0.717, 1.165) is 0 Å². The largest absolute Gasteiger partial charge is 0.464 e. The van der Waals surface area contributed by atoms with Gasteiger partial charge in [0.25, 0.3) is 0 Å². The summed E-state index contributed by atoms with van der Waals surface area (Å²) in [6.45, 7) is 1.89. The Kier molecular flexibility index (Phi) is 5.42. The van der Waals surface area contributed by atoms with Gasteiger partial charge in [-0.25, -0.2) is 17.9 Å². The molecule has 1 heterocycles. The molecule has 1 aliphatic rings. The number of rotatable bonds is 6. The standard InChI is InChI=1S/C9H16N2O5S2/c1-2-16-9(13)7(4-17)10-8(12)3-6-5-18(14,15)11-6/h6-7,11,17H,2-5H2,1H3,(H,10,12)/t6?,7-/m0/s1. The molecule has 0 radical (unpaired) electrons. The number of nitrogens with one attached hydrogen (secondary N) is 2. The van der Waals surface area contributed by atoms with Crippen molar-refractivity contribution in [1.82, 2.24) is 10.0 Å². The average molecular weight is 296 g/mol. The van der Waals surface area contributed by atoms with Crippen molar-refractivity contribution in [3.05, 3.63) is 0 Å². The van der Waals surface area contributed by atoms with Crippen LogP contribution in [0.4, 0.5) is 0 Å². The Balaban J connectivity index is 2.36. The number of sulfonamides is 1. The Morgan fingerprint density at radius 1 is 1.56 bits per heavy atom. The molecule has 18 heavy (non-hydrogen) atoms. The number of esters is 1. The normalized spacial score (nSPS) is 22.7. The van der Waals surface area contributed by atoms with Crippen molar-refractivity contribution in [3.8, 4) is 0 Å². The van der Waals surface area contributed by atoms with Gasteiger partial charge in [-0.1, -0.05) is 0 Å². The minimum atomic E-state index is -3.17. The van der Waals surface area contributed by atoms with Crippen molar-refractivity contribution >= 4 is 34.5 Å². The van der Waals surface area contributed by atoms with Crippen molar-refractivity contribution in [3.63, 3.8) is 0 Å². The van der Waals surface area contributed by atoms with E-state index in [4.69, 9.17) is 4.74 Å². The maximum Gasteiger partial charge on any atom is 0.329 e. The number of amides is 1. The van der Waals surface area contributed by atoms with Crippen LogP contribution in [-0.4, -0.2) is 50.5 Å². The third-order valence-electron chi connectivity index (χ3n) is 2.29. The first-order chi connectivity index (χ1) is 8.38. The molecule has 7 nitrogen and oxygen atoms in total. The zero-order valence-electron chi connectivity index (χ0n) is 9.88. The number of hydrogen-bond donors (Lipinski definition) is 3. The van der Waals surface area contributed by atoms with Gasteiger partial charge in [-0.05, 0) is 6.92 Å². The third-order valence-corrected chi connectivity index (χ3v) is 4.19. The summed E-state index contributed by atoms with van der Waals surface area (Å²) in [6, 6.07) is -1.20. The molecule has 0 saturated carbocycles. The van der Waals surface area contributed by atoms with Crippen LogP contribution in [0.2, 0.25) is 0 Å². The highest BCUT2D eigenvalue weighted by Gasteiger charge is 2.34. The summed E-state index contributed by atoms with van der Waals surface area (Å²) in [7, 11) is -3.17. The topological polar surface area (TPSA) is 102 Å². The maximum atomic E-state index is 11.5. The van der Waals surface area contributed by atoms with Crippen LogP contribution in [-0.2, 0) is 24.3 Å². The molecular formula is C9H16N2O5S2. The smallest absolute Gasteiger partial charge is 0.329 e. The second kappa shape index (κ2) is 6.39. The van der Waals surface area contributed by atoms with Crippen molar-refractivity contribution in [1.29, 1.82) is 0 Å². The van der Waals surface area contributed by atoms with E-state index in [1.807, 2.05) is 0 Å². The third kappa shape index (κ3) is 4.46. The predicted octanol–water partition coefficient (Wildman–Crippen LogP) is -1.34. The van der Waals surface area contributed by atoms with E-state index < -0.39 is 34.0 Å². The van der Waals surface area contributed by atoms with E-state index in [1.54, 1.807) is 6.92 Å². The summed E-state index contributed by atoms with van der Waals surface area (Å²) in [6.07, 6.45) is 0.00289. The Morgan fingerprint density at radius 2 is 2.17 bits per heavy atom. The molecule has 2 N–H and O–H groups in total. The Morgan fingerprint density at radius 3 is 2.61 bits per heavy atom. The zero-order valence-corrected chi connectivity index (χ0v) is 11.6. The number of hydrogen-bond acceptors (Lipinski definition) is 6. The van der Waals surface area contributed by atoms with Crippen LogP contribution in [0.5, 0.6) is 0 Å². The summed E-state index contributed by atoms with van der Waals surface area (Å²) in [4.78, 5) is 22.9. The van der Waals surface area contributed by atoms with Gasteiger partial charge in [0, 0.05) is 18.2 Å². The molecule has 0 aromatic heterocycles. The van der Waals surface area contributed by atoms with Crippen LogP contribution < -0.4 is 10.0 Å². The Bertz CT molecular complexity index is 411. The van der Waals surface area contributed by atoms with Gasteiger partial charge in [0.05, 0.1) is 12.4 Å². The number of carbonyl (C=O) groups excluding carboxylic acids is 2. The van der Waals surface area contributed by atoms with Gasteiger partial charge in [-0.3, -0.25) is 4.79 Å². The molecule has 0 aromatic rings. The second-order valence-electron chi connectivity index (χ2n) is 3.86. The molecule has 2 atom stereocenters. The molecule has 0 aliphatic carbocycles. The van der Waals surface area contributed by atoms with Gasteiger partial charge in [0.1, 0.15) is 6.04 Å². The average Bonchev–Trinajstić information content (AvgIpc) is 2.23. The van der Waals surface area contributed by atoms with E-state index in [1.165, 1.54) is 0 Å². The first kappa shape index (κ1) is 15.3. The van der Waals surface area contributed by atoms with Crippen LogP contribution in [0.25, 0.3) is 0 Å². The van der Waals surface area contributed by atoms with Crippen molar-refractivity contribution in [2.75, 3.05) is 18.1 Å². The summed E-state index contributed by atoms with van der Waals surface area (Å²) < 4.78 is 28.7. The minimum Gasteiger partial charge on any atom is -0.464 e. The van der Waals surface area contributed by atoms with Crippen molar-refractivity contribution in [2.45, 2.75) is 25.4 Å². The van der Waals surface area contributed by atoms with Gasteiger partial charge in [-0.2, -0.15) is 12.6 Å². The molecule has 1 aliphatic heterocycles. The Labute approximate surface area is 111 Å². The number of carbonyl (C=O) groups is 2. The summed E-state index contributed by atoms with van der Waals surface area (Å²) in [5, 5.41) is 2.45. The van der Waals surface area contributed by atoms with Gasteiger partial charge in [0.15, 0.2) is 0 Å². The lowest BCUT2D eigenvalue weighted by Crippen LogP contribution is -2.55.